The zero-order valence-corrected chi connectivity index (χ0v) is 14.1. The quantitative estimate of drug-likeness (QED) is 0.490. The Morgan fingerprint density at radius 3 is 2.69 bits per heavy atom. The number of aliphatic hydroxyl groups excluding tert-OH is 1. The molecule has 2 fully saturated rings. The molecule has 9 heteroatoms. The van der Waals surface area contributed by atoms with E-state index in [9.17, 15) is 24.2 Å². The van der Waals surface area contributed by atoms with E-state index in [0.717, 1.165) is 29.7 Å². The van der Waals surface area contributed by atoms with Gasteiger partial charge in [-0.15, -0.1) is 6.42 Å². The van der Waals surface area contributed by atoms with Crippen LogP contribution in [0.2, 0.25) is 0 Å². The molecule has 2 heterocycles. The molecule has 8 nitrogen and oxygen atoms in total. The molecule has 0 radical (unpaired) electrons. The molecule has 0 amide bonds. The molecule has 142 valence electrons. The highest BCUT2D eigenvalue weighted by atomic mass is 19.1. The number of nitrogens with one attached hydrogen (secondary N) is 1. The molecular formula is C17H21FN2O6. The number of ether oxygens (including phenoxy) is 2. The molecule has 1 aromatic rings. The highest BCUT2D eigenvalue weighted by Gasteiger charge is 2.60. The average molecular weight is 368 g/mol. The van der Waals surface area contributed by atoms with Crippen molar-refractivity contribution in [1.82, 2.24) is 9.55 Å². The van der Waals surface area contributed by atoms with Gasteiger partial charge in [-0.05, 0) is 12.8 Å². The second-order valence-corrected chi connectivity index (χ2v) is 6.93. The number of hydrogen-bond acceptors (Lipinski definition) is 6. The fraction of sp³-hybridized carbons (Fsp3) is 0.647. The first-order valence-corrected chi connectivity index (χ1v) is 8.37. The number of terminal acetylenes is 1. The van der Waals surface area contributed by atoms with Crippen molar-refractivity contribution >= 4 is 0 Å². The van der Waals surface area contributed by atoms with Gasteiger partial charge in [-0.3, -0.25) is 14.3 Å². The number of rotatable bonds is 5. The van der Waals surface area contributed by atoms with Crippen molar-refractivity contribution in [2.24, 2.45) is 0 Å². The molecule has 0 bridgehead atoms. The molecule has 1 saturated heterocycles. The van der Waals surface area contributed by atoms with Crippen LogP contribution in [0.3, 0.4) is 0 Å². The van der Waals surface area contributed by atoms with Crippen molar-refractivity contribution in [3.63, 3.8) is 0 Å². The van der Waals surface area contributed by atoms with Crippen molar-refractivity contribution in [3.05, 3.63) is 33.1 Å². The lowest BCUT2D eigenvalue weighted by molar-refractivity contribution is -0.264. The lowest BCUT2D eigenvalue weighted by atomic mass is 9.90. The monoisotopic (exact) mass is 368 g/mol. The van der Waals surface area contributed by atoms with E-state index in [4.69, 9.17) is 15.9 Å². The molecular weight excluding hydrogens is 347 g/mol. The SMILES string of the molecule is C#CC1(OC2(O)CCCC2)CC(CO)(CF)OC1n1ccc(=O)[nH]c1=O. The van der Waals surface area contributed by atoms with Crippen LogP contribution in [0.5, 0.6) is 0 Å². The first-order valence-electron chi connectivity index (χ1n) is 8.37. The van der Waals surface area contributed by atoms with Gasteiger partial charge in [-0.1, -0.05) is 5.92 Å². The summed E-state index contributed by atoms with van der Waals surface area (Å²) in [5, 5.41) is 20.3. The number of H-pyrrole nitrogens is 1. The minimum atomic E-state index is -1.70. The lowest BCUT2D eigenvalue weighted by Gasteiger charge is -2.36. The van der Waals surface area contributed by atoms with E-state index in [1.807, 2.05) is 0 Å². The fourth-order valence-corrected chi connectivity index (χ4v) is 3.65. The maximum atomic E-state index is 13.7. The van der Waals surface area contributed by atoms with Crippen LogP contribution in [0.25, 0.3) is 0 Å². The minimum Gasteiger partial charge on any atom is -0.393 e. The summed E-state index contributed by atoms with van der Waals surface area (Å²) >= 11 is 0. The van der Waals surface area contributed by atoms with Gasteiger partial charge in [-0.2, -0.15) is 0 Å². The Balaban J connectivity index is 2.09. The predicted octanol–water partition coefficient (Wildman–Crippen LogP) is -0.193. The van der Waals surface area contributed by atoms with E-state index < -0.39 is 47.7 Å². The van der Waals surface area contributed by atoms with Crippen LogP contribution in [-0.2, 0) is 9.47 Å². The Kier molecular flexibility index (Phi) is 4.79. The average Bonchev–Trinajstić information content (AvgIpc) is 3.18. The third-order valence-electron chi connectivity index (χ3n) is 4.98. The topological polar surface area (TPSA) is 114 Å². The first-order chi connectivity index (χ1) is 12.3. The number of aliphatic hydroxyl groups is 2. The summed E-state index contributed by atoms with van der Waals surface area (Å²) in [6, 6.07) is 1.09. The smallest absolute Gasteiger partial charge is 0.330 e. The Hall–Kier alpha value is -1.99. The minimum absolute atomic E-state index is 0.262. The van der Waals surface area contributed by atoms with Gasteiger partial charge >= 0.3 is 5.69 Å². The molecule has 3 unspecified atom stereocenters. The molecule has 2 aliphatic rings. The molecule has 3 N–H and O–H groups in total. The molecule has 1 aliphatic heterocycles. The van der Waals surface area contributed by atoms with E-state index in [-0.39, 0.29) is 6.42 Å². The van der Waals surface area contributed by atoms with Crippen LogP contribution in [0.4, 0.5) is 4.39 Å². The second-order valence-electron chi connectivity index (χ2n) is 6.93. The Morgan fingerprint density at radius 2 is 2.15 bits per heavy atom. The number of halogens is 1. The van der Waals surface area contributed by atoms with Crippen LogP contribution in [0, 0.1) is 12.3 Å². The zero-order valence-electron chi connectivity index (χ0n) is 14.1. The van der Waals surface area contributed by atoms with E-state index in [0.29, 0.717) is 12.8 Å². The zero-order chi connectivity index (χ0) is 19.0. The standard InChI is InChI=1S/C17H21FN2O6/c1-2-16(26-17(24)6-3-4-7-17)9-15(10-18,11-21)25-13(16)20-8-5-12(22)19-14(20)23/h1,5,8,13,21,24H,3-4,6-7,9-11H2,(H,19,22,23). The van der Waals surface area contributed by atoms with Crippen molar-refractivity contribution in [1.29, 1.82) is 0 Å². The van der Waals surface area contributed by atoms with Gasteiger partial charge in [0.05, 0.1) is 6.61 Å². The van der Waals surface area contributed by atoms with Gasteiger partial charge in [0.15, 0.2) is 17.6 Å². The molecule has 1 aromatic heterocycles. The number of aromatic amines is 1. The van der Waals surface area contributed by atoms with Crippen LogP contribution < -0.4 is 11.2 Å². The van der Waals surface area contributed by atoms with E-state index >= 15 is 0 Å². The molecule has 26 heavy (non-hydrogen) atoms. The Bertz CT molecular complexity index is 818. The highest BCUT2D eigenvalue weighted by molar-refractivity contribution is 5.20. The summed E-state index contributed by atoms with van der Waals surface area (Å²) in [6.07, 6.45) is 7.39. The van der Waals surface area contributed by atoms with Gasteiger partial charge in [0.25, 0.3) is 5.56 Å². The summed E-state index contributed by atoms with van der Waals surface area (Å²) in [5.41, 5.74) is -4.82. The molecule has 0 aromatic carbocycles. The highest BCUT2D eigenvalue weighted by Crippen LogP contribution is 2.49. The Morgan fingerprint density at radius 1 is 1.46 bits per heavy atom. The Labute approximate surface area is 148 Å². The van der Waals surface area contributed by atoms with Crippen LogP contribution in [-0.4, -0.2) is 50.0 Å². The summed E-state index contributed by atoms with van der Waals surface area (Å²) < 4.78 is 26.2. The first kappa shape index (κ1) is 18.8. The van der Waals surface area contributed by atoms with E-state index in [2.05, 4.69) is 10.9 Å². The maximum absolute atomic E-state index is 13.7. The van der Waals surface area contributed by atoms with Crippen LogP contribution >= 0.6 is 0 Å². The second kappa shape index (κ2) is 6.63. The summed E-state index contributed by atoms with van der Waals surface area (Å²) in [7, 11) is 0. The normalized spacial score (nSPS) is 33.2. The number of hydrogen-bond donors (Lipinski definition) is 3. The van der Waals surface area contributed by atoms with E-state index in [1.165, 1.54) is 0 Å². The van der Waals surface area contributed by atoms with Gasteiger partial charge in [-0.25, -0.2) is 9.18 Å². The fourth-order valence-electron chi connectivity index (χ4n) is 3.65. The molecule has 3 atom stereocenters. The van der Waals surface area contributed by atoms with Crippen LogP contribution in [0.1, 0.15) is 38.3 Å². The lowest BCUT2D eigenvalue weighted by Crippen LogP contribution is -2.48. The van der Waals surface area contributed by atoms with Crippen LogP contribution in [0.15, 0.2) is 21.9 Å². The van der Waals surface area contributed by atoms with Gasteiger partial charge in [0.1, 0.15) is 12.3 Å². The summed E-state index contributed by atoms with van der Waals surface area (Å²) in [6.45, 7) is -1.76. The summed E-state index contributed by atoms with van der Waals surface area (Å²) in [4.78, 5) is 25.6. The van der Waals surface area contributed by atoms with Crippen molar-refractivity contribution in [2.45, 2.75) is 55.3 Å². The third kappa shape index (κ3) is 3.10. The van der Waals surface area contributed by atoms with Gasteiger partial charge in [0.2, 0.25) is 0 Å². The molecule has 1 aliphatic carbocycles. The van der Waals surface area contributed by atoms with E-state index in [1.54, 1.807) is 0 Å². The summed E-state index contributed by atoms with van der Waals surface area (Å²) in [5.74, 6) is 0.880. The number of aromatic nitrogens is 2. The largest absolute Gasteiger partial charge is 0.393 e. The van der Waals surface area contributed by atoms with Crippen molar-refractivity contribution in [2.75, 3.05) is 13.3 Å². The third-order valence-corrected chi connectivity index (χ3v) is 4.98. The number of nitrogens with zero attached hydrogens (tertiary/aromatic N) is 1. The molecule has 3 rings (SSSR count). The van der Waals surface area contributed by atoms with Crippen molar-refractivity contribution in [3.8, 4) is 12.3 Å². The maximum Gasteiger partial charge on any atom is 0.330 e. The van der Waals surface area contributed by atoms with Crippen molar-refractivity contribution < 1.29 is 24.1 Å². The molecule has 0 spiro atoms. The number of alkyl halides is 1. The van der Waals surface area contributed by atoms with Gasteiger partial charge < -0.3 is 19.7 Å². The molecule has 1 saturated carbocycles. The predicted molar refractivity (Wildman–Crippen MR) is 87.9 cm³/mol. The van der Waals surface area contributed by atoms with Gasteiger partial charge in [0, 0.05) is 31.5 Å².